The van der Waals surface area contributed by atoms with E-state index in [2.05, 4.69) is 15.3 Å². The summed E-state index contributed by atoms with van der Waals surface area (Å²) < 4.78 is 0.739. The molecule has 0 unspecified atom stereocenters. The minimum atomic E-state index is -0.519. The number of nitrogens with one attached hydrogen (secondary N) is 2. The van der Waals surface area contributed by atoms with Crippen molar-refractivity contribution in [1.29, 1.82) is 0 Å². The lowest BCUT2D eigenvalue weighted by Crippen LogP contribution is -2.12. The number of aromatic nitrogens is 2. The number of aromatic amines is 1. The van der Waals surface area contributed by atoms with Crippen LogP contribution in [0.4, 0.5) is 5.13 Å². The van der Waals surface area contributed by atoms with Gasteiger partial charge in [-0.25, -0.2) is 4.98 Å². The molecule has 1 aromatic carbocycles. The Labute approximate surface area is 144 Å². The second kappa shape index (κ2) is 5.84. The van der Waals surface area contributed by atoms with Gasteiger partial charge < -0.3 is 10.7 Å². The van der Waals surface area contributed by atoms with Crippen LogP contribution in [0.25, 0.3) is 10.2 Å². The number of benzene rings is 1. The highest BCUT2D eigenvalue weighted by Gasteiger charge is 2.19. The second-order valence-corrected chi connectivity index (χ2v) is 6.56. The average molecular weight is 369 g/mol. The molecule has 6 nitrogen and oxygen atoms in total. The summed E-state index contributed by atoms with van der Waals surface area (Å²) in [5, 5.41) is 3.51. The molecule has 0 aliphatic carbocycles. The SMILES string of the molecule is Cc1[nH]c(C(=O)Nc2nc3ccc(C(N)=O)cc3s2)c(Cl)c1Cl. The van der Waals surface area contributed by atoms with Crippen molar-refractivity contribution < 1.29 is 9.59 Å². The van der Waals surface area contributed by atoms with E-state index in [-0.39, 0.29) is 10.7 Å². The quantitative estimate of drug-likeness (QED) is 0.658. The standard InChI is InChI=1S/C14H10Cl2N4O2S/c1-5-9(15)10(16)11(18-5)13(22)20-14-19-7-3-2-6(12(17)21)4-8(7)23-14/h2-4,18H,1H3,(H2,17,21)(H,19,20,22). The molecule has 3 rings (SSSR count). The molecule has 4 N–H and O–H groups in total. The van der Waals surface area contributed by atoms with Crippen molar-refractivity contribution in [2.24, 2.45) is 5.73 Å². The molecule has 0 saturated heterocycles. The van der Waals surface area contributed by atoms with Crippen LogP contribution in [0.5, 0.6) is 0 Å². The van der Waals surface area contributed by atoms with E-state index in [0.717, 1.165) is 4.70 Å². The average Bonchev–Trinajstić information content (AvgIpc) is 3.01. The van der Waals surface area contributed by atoms with Crippen LogP contribution >= 0.6 is 34.5 Å². The summed E-state index contributed by atoms with van der Waals surface area (Å²) in [6.45, 7) is 1.72. The number of primary amides is 1. The molecule has 0 spiro atoms. The van der Waals surface area contributed by atoms with E-state index in [1.165, 1.54) is 11.3 Å². The van der Waals surface area contributed by atoms with Crippen molar-refractivity contribution in [3.63, 3.8) is 0 Å². The number of fused-ring (bicyclic) bond motifs is 1. The van der Waals surface area contributed by atoms with Gasteiger partial charge in [0.25, 0.3) is 5.91 Å². The molecule has 0 aliphatic heterocycles. The Balaban J connectivity index is 1.90. The maximum absolute atomic E-state index is 12.3. The van der Waals surface area contributed by atoms with E-state index in [0.29, 0.717) is 26.9 Å². The number of halogens is 2. The molecule has 9 heteroatoms. The van der Waals surface area contributed by atoms with E-state index in [1.807, 2.05) is 0 Å². The van der Waals surface area contributed by atoms with Gasteiger partial charge in [-0.2, -0.15) is 0 Å². The summed E-state index contributed by atoms with van der Waals surface area (Å²) in [7, 11) is 0. The molecule has 118 valence electrons. The maximum atomic E-state index is 12.3. The summed E-state index contributed by atoms with van der Waals surface area (Å²) in [6, 6.07) is 4.89. The molecule has 0 saturated carbocycles. The number of amides is 2. The van der Waals surface area contributed by atoms with Crippen LogP contribution in [0.3, 0.4) is 0 Å². The van der Waals surface area contributed by atoms with E-state index in [9.17, 15) is 9.59 Å². The number of carbonyl (C=O) groups excluding carboxylic acids is 2. The molecule has 2 heterocycles. The fourth-order valence-electron chi connectivity index (χ4n) is 2.02. The number of hydrogen-bond donors (Lipinski definition) is 3. The van der Waals surface area contributed by atoms with Crippen LogP contribution in [-0.4, -0.2) is 21.8 Å². The van der Waals surface area contributed by atoms with Crippen LogP contribution in [0, 0.1) is 6.92 Å². The van der Waals surface area contributed by atoms with Crippen LogP contribution in [0.15, 0.2) is 18.2 Å². The predicted molar refractivity (Wildman–Crippen MR) is 91.6 cm³/mol. The molecule has 2 aromatic heterocycles. The number of H-pyrrole nitrogens is 1. The lowest BCUT2D eigenvalue weighted by atomic mass is 10.2. The Bertz CT molecular complexity index is 948. The van der Waals surface area contributed by atoms with Crippen LogP contribution in [0.1, 0.15) is 26.5 Å². The number of hydrogen-bond acceptors (Lipinski definition) is 4. The van der Waals surface area contributed by atoms with Crippen molar-refractivity contribution in [2.45, 2.75) is 6.92 Å². The number of nitrogens with zero attached hydrogens (tertiary/aromatic N) is 1. The van der Waals surface area contributed by atoms with Crippen molar-refractivity contribution in [3.8, 4) is 0 Å². The smallest absolute Gasteiger partial charge is 0.275 e. The molecule has 3 aromatic rings. The zero-order valence-corrected chi connectivity index (χ0v) is 14.1. The molecular formula is C14H10Cl2N4O2S. The number of nitrogens with two attached hydrogens (primary N) is 1. The van der Waals surface area contributed by atoms with Crippen molar-refractivity contribution in [1.82, 2.24) is 9.97 Å². The fraction of sp³-hybridized carbons (Fsp3) is 0.0714. The van der Waals surface area contributed by atoms with E-state index < -0.39 is 11.8 Å². The van der Waals surface area contributed by atoms with Crippen molar-refractivity contribution in [2.75, 3.05) is 5.32 Å². The first-order valence-electron chi connectivity index (χ1n) is 6.42. The minimum absolute atomic E-state index is 0.166. The van der Waals surface area contributed by atoms with Gasteiger partial charge in [0.1, 0.15) is 5.69 Å². The topological polar surface area (TPSA) is 101 Å². The van der Waals surface area contributed by atoms with Crippen LogP contribution < -0.4 is 11.1 Å². The van der Waals surface area contributed by atoms with E-state index >= 15 is 0 Å². The fourth-order valence-corrected chi connectivity index (χ4v) is 3.34. The normalized spacial score (nSPS) is 10.9. The Morgan fingerprint density at radius 3 is 2.65 bits per heavy atom. The second-order valence-electron chi connectivity index (χ2n) is 4.77. The van der Waals surface area contributed by atoms with Gasteiger partial charge in [-0.05, 0) is 25.1 Å². The number of anilines is 1. The first-order valence-corrected chi connectivity index (χ1v) is 7.99. The Kier molecular flexibility index (Phi) is 4.01. The molecule has 2 amide bonds. The van der Waals surface area contributed by atoms with Crippen molar-refractivity contribution in [3.05, 3.63) is 45.2 Å². The third-order valence-corrected chi connectivity index (χ3v) is 5.06. The summed E-state index contributed by atoms with van der Waals surface area (Å²) in [6.07, 6.45) is 0. The van der Waals surface area contributed by atoms with Gasteiger partial charge in [0.05, 0.1) is 20.3 Å². The molecule has 0 aliphatic rings. The zero-order chi connectivity index (χ0) is 16.7. The Morgan fingerprint density at radius 1 is 1.30 bits per heavy atom. The summed E-state index contributed by atoms with van der Waals surface area (Å²) in [5.41, 5.74) is 7.06. The number of rotatable bonds is 3. The van der Waals surface area contributed by atoms with Crippen LogP contribution in [0.2, 0.25) is 10.0 Å². The lowest BCUT2D eigenvalue weighted by molar-refractivity contribution is 0.0997. The first kappa shape index (κ1) is 15.8. The first-order chi connectivity index (χ1) is 10.9. The van der Waals surface area contributed by atoms with Gasteiger partial charge in [-0.15, -0.1) is 0 Å². The monoisotopic (exact) mass is 368 g/mol. The number of aryl methyl sites for hydroxylation is 1. The van der Waals surface area contributed by atoms with Crippen molar-refractivity contribution >= 4 is 61.7 Å². The third-order valence-electron chi connectivity index (χ3n) is 3.17. The summed E-state index contributed by atoms with van der Waals surface area (Å²) in [5.74, 6) is -0.964. The largest absolute Gasteiger partial charge is 0.366 e. The molecule has 0 bridgehead atoms. The zero-order valence-electron chi connectivity index (χ0n) is 11.7. The molecule has 0 atom stereocenters. The highest BCUT2D eigenvalue weighted by molar-refractivity contribution is 7.22. The molecular weight excluding hydrogens is 359 g/mol. The van der Waals surface area contributed by atoms with Gasteiger partial charge >= 0.3 is 0 Å². The molecule has 23 heavy (non-hydrogen) atoms. The Hall–Kier alpha value is -2.09. The predicted octanol–water partition coefficient (Wildman–Crippen LogP) is 3.59. The Morgan fingerprint density at radius 2 is 2.04 bits per heavy atom. The summed E-state index contributed by atoms with van der Waals surface area (Å²) >= 11 is 13.2. The van der Waals surface area contributed by atoms with Crippen LogP contribution in [-0.2, 0) is 0 Å². The van der Waals surface area contributed by atoms with E-state index in [1.54, 1.807) is 25.1 Å². The van der Waals surface area contributed by atoms with Gasteiger partial charge in [0.2, 0.25) is 5.91 Å². The van der Waals surface area contributed by atoms with Gasteiger partial charge in [0, 0.05) is 11.3 Å². The highest BCUT2D eigenvalue weighted by Crippen LogP contribution is 2.31. The van der Waals surface area contributed by atoms with Gasteiger partial charge in [-0.3, -0.25) is 14.9 Å². The minimum Gasteiger partial charge on any atom is -0.366 e. The van der Waals surface area contributed by atoms with E-state index in [4.69, 9.17) is 28.9 Å². The maximum Gasteiger partial charge on any atom is 0.275 e. The number of thiazole rings is 1. The lowest BCUT2D eigenvalue weighted by Gasteiger charge is -1.99. The summed E-state index contributed by atoms with van der Waals surface area (Å²) in [4.78, 5) is 30.6. The molecule has 0 radical (unpaired) electrons. The third kappa shape index (κ3) is 2.90. The number of carbonyl (C=O) groups is 2. The molecule has 0 fully saturated rings. The highest BCUT2D eigenvalue weighted by atomic mass is 35.5. The van der Waals surface area contributed by atoms with Gasteiger partial charge in [-0.1, -0.05) is 34.5 Å². The van der Waals surface area contributed by atoms with Gasteiger partial charge in [0.15, 0.2) is 5.13 Å².